The number of aliphatic hydroxyl groups is 1. The Kier molecular flexibility index (Phi) is 2.24. The van der Waals surface area contributed by atoms with Crippen LogP contribution < -0.4 is 10.6 Å². The molecule has 1 saturated heterocycles. The van der Waals surface area contributed by atoms with Gasteiger partial charge in [0.2, 0.25) is 0 Å². The summed E-state index contributed by atoms with van der Waals surface area (Å²) >= 11 is 0. The Labute approximate surface area is 87.3 Å². The number of β-amino-alcohol motifs (C(OH)–C–C–N with tert-alkyl or cyclic N) is 1. The molecule has 82 valence electrons. The Bertz CT molecular complexity index is 375. The summed E-state index contributed by atoms with van der Waals surface area (Å²) in [6, 6.07) is 1.76. The summed E-state index contributed by atoms with van der Waals surface area (Å²) in [6.07, 6.45) is 0. The summed E-state index contributed by atoms with van der Waals surface area (Å²) in [5, 5.41) is 19.2. The van der Waals surface area contributed by atoms with Crippen molar-refractivity contribution in [3.63, 3.8) is 0 Å². The van der Waals surface area contributed by atoms with E-state index in [0.29, 0.717) is 18.9 Å². The molecule has 0 aliphatic carbocycles. The smallest absolute Gasteiger partial charge is 0.260 e. The average Bonchev–Trinajstić information content (AvgIpc) is 2.41. The molecule has 1 aliphatic heterocycles. The van der Waals surface area contributed by atoms with Crippen molar-refractivity contribution in [2.45, 2.75) is 12.5 Å². The molecule has 0 aromatic carbocycles. The van der Waals surface area contributed by atoms with Crippen LogP contribution in [0.5, 0.6) is 0 Å². The third-order valence-corrected chi connectivity index (χ3v) is 2.61. The van der Waals surface area contributed by atoms with Crippen molar-refractivity contribution in [1.82, 2.24) is 15.1 Å². The van der Waals surface area contributed by atoms with Gasteiger partial charge in [-0.05, 0) is 6.92 Å². The zero-order valence-corrected chi connectivity index (χ0v) is 8.74. The first-order valence-electron chi connectivity index (χ1n) is 4.76. The predicted octanol–water partition coefficient (Wildman–Crippen LogP) is -0.999. The molecule has 0 bridgehead atoms. The van der Waals surface area contributed by atoms with Crippen molar-refractivity contribution < 1.29 is 9.90 Å². The van der Waals surface area contributed by atoms with E-state index in [1.807, 2.05) is 6.92 Å². The highest BCUT2D eigenvalue weighted by Gasteiger charge is 2.42. The first-order valence-corrected chi connectivity index (χ1v) is 4.76. The second-order valence-corrected chi connectivity index (χ2v) is 3.88. The maximum Gasteiger partial charge on any atom is 0.260 e. The van der Waals surface area contributed by atoms with E-state index in [1.165, 1.54) is 0 Å². The maximum absolute atomic E-state index is 11.6. The molecular weight excluding hydrogens is 196 g/mol. The number of amides is 1. The molecule has 3 N–H and O–H groups in total. The van der Waals surface area contributed by atoms with E-state index in [0.717, 1.165) is 5.69 Å². The molecule has 2 heterocycles. The molecule has 6 nitrogen and oxygen atoms in total. The monoisotopic (exact) mass is 210 g/mol. The van der Waals surface area contributed by atoms with Gasteiger partial charge in [-0.2, -0.15) is 5.10 Å². The number of anilines is 1. The highest BCUT2D eigenvalue weighted by Crippen LogP contribution is 2.14. The molecule has 1 fully saturated rings. The third kappa shape index (κ3) is 1.73. The molecule has 0 radical (unpaired) electrons. The van der Waals surface area contributed by atoms with Crippen LogP contribution in [0.15, 0.2) is 6.07 Å². The fourth-order valence-corrected chi connectivity index (χ4v) is 1.38. The summed E-state index contributed by atoms with van der Waals surface area (Å²) in [5.74, 6) is 0.0691. The Morgan fingerprint density at radius 1 is 1.73 bits per heavy atom. The lowest BCUT2D eigenvalue weighted by atomic mass is 9.96. The average molecular weight is 210 g/mol. The normalized spacial score (nSPS) is 18.3. The van der Waals surface area contributed by atoms with Crippen molar-refractivity contribution in [2.24, 2.45) is 7.05 Å². The van der Waals surface area contributed by atoms with Crippen LogP contribution in [0.25, 0.3) is 0 Å². The van der Waals surface area contributed by atoms with Gasteiger partial charge in [0.1, 0.15) is 0 Å². The molecule has 0 spiro atoms. The van der Waals surface area contributed by atoms with E-state index in [9.17, 15) is 9.90 Å². The molecular formula is C9H14N4O2. The number of hydrogen-bond acceptors (Lipinski definition) is 4. The summed E-state index contributed by atoms with van der Waals surface area (Å²) in [5.41, 5.74) is -0.324. The van der Waals surface area contributed by atoms with Crippen molar-refractivity contribution in [3.8, 4) is 0 Å². The number of hydrogen-bond donors (Lipinski definition) is 3. The largest absolute Gasteiger partial charge is 0.377 e. The van der Waals surface area contributed by atoms with Gasteiger partial charge in [-0.25, -0.2) is 0 Å². The topological polar surface area (TPSA) is 79.2 Å². The van der Waals surface area contributed by atoms with Crippen LogP contribution in [0.3, 0.4) is 0 Å². The van der Waals surface area contributed by atoms with Gasteiger partial charge in [-0.3, -0.25) is 9.48 Å². The molecule has 6 heteroatoms. The lowest BCUT2D eigenvalue weighted by Crippen LogP contribution is -2.65. The first-order chi connectivity index (χ1) is 7.01. The molecule has 1 amide bonds. The highest BCUT2D eigenvalue weighted by atomic mass is 16.3. The zero-order valence-electron chi connectivity index (χ0n) is 8.74. The van der Waals surface area contributed by atoms with E-state index in [4.69, 9.17) is 0 Å². The highest BCUT2D eigenvalue weighted by molar-refractivity contribution is 5.97. The molecule has 1 aromatic rings. The molecule has 0 unspecified atom stereocenters. The second-order valence-electron chi connectivity index (χ2n) is 3.88. The van der Waals surface area contributed by atoms with Gasteiger partial charge >= 0.3 is 0 Å². The first kappa shape index (κ1) is 10.1. The van der Waals surface area contributed by atoms with Crippen LogP contribution in [-0.2, 0) is 11.8 Å². The van der Waals surface area contributed by atoms with Crippen molar-refractivity contribution >= 4 is 11.7 Å². The van der Waals surface area contributed by atoms with Gasteiger partial charge < -0.3 is 15.7 Å². The van der Waals surface area contributed by atoms with E-state index >= 15 is 0 Å². The lowest BCUT2D eigenvalue weighted by Gasteiger charge is -2.35. The third-order valence-electron chi connectivity index (χ3n) is 2.61. The van der Waals surface area contributed by atoms with E-state index in [2.05, 4.69) is 15.7 Å². The van der Waals surface area contributed by atoms with Crippen LogP contribution in [0.2, 0.25) is 0 Å². The van der Waals surface area contributed by atoms with E-state index < -0.39 is 11.5 Å². The maximum atomic E-state index is 11.6. The quantitative estimate of drug-likeness (QED) is 0.585. The number of carbonyl (C=O) groups is 1. The Morgan fingerprint density at radius 3 is 2.80 bits per heavy atom. The fourth-order valence-electron chi connectivity index (χ4n) is 1.38. The second kappa shape index (κ2) is 3.32. The molecule has 1 aromatic heterocycles. The number of aromatic nitrogens is 2. The zero-order chi connectivity index (χ0) is 11.1. The molecule has 1 aliphatic rings. The van der Waals surface area contributed by atoms with Crippen LogP contribution in [0, 0.1) is 6.92 Å². The van der Waals surface area contributed by atoms with Crippen molar-refractivity contribution in [3.05, 3.63) is 11.8 Å². The minimum absolute atomic E-state index is 0.296. The summed E-state index contributed by atoms with van der Waals surface area (Å²) < 4.78 is 1.67. The van der Waals surface area contributed by atoms with Gasteiger partial charge in [0, 0.05) is 31.9 Å². The van der Waals surface area contributed by atoms with Crippen molar-refractivity contribution in [1.29, 1.82) is 0 Å². The summed E-state index contributed by atoms with van der Waals surface area (Å²) in [6.45, 7) is 2.48. The summed E-state index contributed by atoms with van der Waals surface area (Å²) in [7, 11) is 1.80. The molecule has 0 atom stereocenters. The van der Waals surface area contributed by atoms with Gasteiger partial charge in [0.05, 0.1) is 0 Å². The van der Waals surface area contributed by atoms with Gasteiger partial charge in [-0.1, -0.05) is 0 Å². The number of carbonyl (C=O) groups excluding carboxylic acids is 1. The van der Waals surface area contributed by atoms with Gasteiger partial charge in [0.25, 0.3) is 5.91 Å². The Balaban J connectivity index is 2.05. The summed E-state index contributed by atoms with van der Waals surface area (Å²) in [4.78, 5) is 11.6. The van der Waals surface area contributed by atoms with Gasteiger partial charge in [0.15, 0.2) is 11.4 Å². The minimum Gasteiger partial charge on any atom is -0.377 e. The molecule has 2 rings (SSSR count). The van der Waals surface area contributed by atoms with Gasteiger partial charge in [-0.15, -0.1) is 0 Å². The minimum atomic E-state index is -1.27. The van der Waals surface area contributed by atoms with E-state index in [1.54, 1.807) is 17.8 Å². The lowest BCUT2D eigenvalue weighted by molar-refractivity contribution is -0.138. The molecule has 15 heavy (non-hydrogen) atoms. The van der Waals surface area contributed by atoms with Crippen LogP contribution in [0.1, 0.15) is 5.69 Å². The standard InChI is InChI=1S/C9H14N4O2/c1-6-3-7(12-13(6)2)11-8(14)9(15)4-10-5-9/h3,10,15H,4-5H2,1-2H3,(H,11,12,14). The number of aryl methyl sites for hydroxylation is 2. The van der Waals surface area contributed by atoms with E-state index in [-0.39, 0.29) is 0 Å². The fraction of sp³-hybridized carbons (Fsp3) is 0.556. The molecule has 0 saturated carbocycles. The SMILES string of the molecule is Cc1cc(NC(=O)C2(O)CNC2)nn1C. The Hall–Kier alpha value is -1.40. The predicted molar refractivity (Wildman–Crippen MR) is 54.4 cm³/mol. The van der Waals surface area contributed by atoms with Crippen LogP contribution in [0.4, 0.5) is 5.82 Å². The number of nitrogens with zero attached hydrogens (tertiary/aromatic N) is 2. The number of rotatable bonds is 2. The van der Waals surface area contributed by atoms with Crippen LogP contribution >= 0.6 is 0 Å². The number of nitrogens with one attached hydrogen (secondary N) is 2. The Morgan fingerprint density at radius 2 is 2.40 bits per heavy atom. The van der Waals surface area contributed by atoms with Crippen molar-refractivity contribution in [2.75, 3.05) is 18.4 Å². The van der Waals surface area contributed by atoms with Crippen LogP contribution in [-0.4, -0.2) is 39.5 Å².